The maximum absolute atomic E-state index is 15.3. The zero-order valence-electron chi connectivity index (χ0n) is 24.8. The van der Waals surface area contributed by atoms with Crippen molar-refractivity contribution in [1.29, 1.82) is 0 Å². The van der Waals surface area contributed by atoms with E-state index in [1.807, 2.05) is 0 Å². The van der Waals surface area contributed by atoms with Crippen LogP contribution in [0, 0.1) is 5.82 Å². The fourth-order valence-electron chi connectivity index (χ4n) is 6.87. The average Bonchev–Trinajstić information content (AvgIpc) is 3.22. The number of ether oxygens (including phenoxy) is 1. The molecule has 12 heteroatoms. The van der Waals surface area contributed by atoms with Crippen LogP contribution in [-0.2, 0) is 4.79 Å². The van der Waals surface area contributed by atoms with Crippen LogP contribution in [0.4, 0.5) is 10.2 Å². The molecule has 5 heterocycles. The minimum atomic E-state index is -0.570. The van der Waals surface area contributed by atoms with Crippen molar-refractivity contribution in [2.75, 3.05) is 70.9 Å². The van der Waals surface area contributed by atoms with Gasteiger partial charge < -0.3 is 24.3 Å². The Hall–Kier alpha value is -2.92. The Bertz CT molecular complexity index is 1440. The number of hydrogen-bond donors (Lipinski definition) is 0. The van der Waals surface area contributed by atoms with E-state index in [1.165, 1.54) is 18.2 Å². The van der Waals surface area contributed by atoms with Gasteiger partial charge in [0.15, 0.2) is 5.75 Å². The summed E-state index contributed by atoms with van der Waals surface area (Å²) in [4.78, 5) is 42.2. The van der Waals surface area contributed by atoms with Crippen molar-refractivity contribution in [3.05, 3.63) is 52.3 Å². The lowest BCUT2D eigenvalue weighted by Gasteiger charge is -2.40. The molecule has 0 radical (unpaired) electrons. The molecule has 230 valence electrons. The standard InChI is InChI=1S/C31H37Cl2FN6O3/c1-5-23(41)38-13-14-39-20(16-38)18-43-28-25(30(39)42)29(35-27(26(28)33)24-21(32)7-6-8-22(24)34)40-17-19(15-31(40,2)3)37-11-9-36(4)10-12-37/h5-8,19-20H,1,9-18H2,2-4H3. The van der Waals surface area contributed by atoms with Crippen molar-refractivity contribution in [2.24, 2.45) is 0 Å². The van der Waals surface area contributed by atoms with E-state index in [0.29, 0.717) is 32.0 Å². The first-order chi connectivity index (χ1) is 20.5. The molecule has 4 aliphatic rings. The van der Waals surface area contributed by atoms with Gasteiger partial charge in [-0.3, -0.25) is 14.5 Å². The number of rotatable bonds is 4. The first kappa shape index (κ1) is 30.1. The predicted molar refractivity (Wildman–Crippen MR) is 166 cm³/mol. The molecular formula is C31H37Cl2FN6O3. The Balaban J connectivity index is 1.47. The van der Waals surface area contributed by atoms with Crippen LogP contribution in [0.25, 0.3) is 11.3 Å². The monoisotopic (exact) mass is 630 g/mol. The number of piperazine rings is 2. The number of hydrogen-bond acceptors (Lipinski definition) is 7. The van der Waals surface area contributed by atoms with Crippen LogP contribution in [0.5, 0.6) is 5.75 Å². The number of carbonyl (C=O) groups is 2. The van der Waals surface area contributed by atoms with Crippen LogP contribution in [0.2, 0.25) is 10.0 Å². The number of halogens is 3. The molecule has 0 bridgehead atoms. The summed E-state index contributed by atoms with van der Waals surface area (Å²) in [6, 6.07) is 4.28. The maximum Gasteiger partial charge on any atom is 0.261 e. The molecule has 6 rings (SSSR count). The molecule has 3 fully saturated rings. The summed E-state index contributed by atoms with van der Waals surface area (Å²) in [7, 11) is 2.14. The lowest BCUT2D eigenvalue weighted by molar-refractivity contribution is -0.128. The Morgan fingerprint density at radius 1 is 1.09 bits per heavy atom. The van der Waals surface area contributed by atoms with Crippen molar-refractivity contribution in [1.82, 2.24) is 24.6 Å². The van der Waals surface area contributed by atoms with Crippen LogP contribution in [0.3, 0.4) is 0 Å². The number of pyridine rings is 1. The first-order valence-corrected chi connectivity index (χ1v) is 15.5. The van der Waals surface area contributed by atoms with Gasteiger partial charge >= 0.3 is 0 Å². The van der Waals surface area contributed by atoms with Crippen molar-refractivity contribution >= 4 is 40.8 Å². The van der Waals surface area contributed by atoms with Gasteiger partial charge in [-0.2, -0.15) is 0 Å². The van der Waals surface area contributed by atoms with Crippen LogP contribution in [-0.4, -0.2) is 120 Å². The number of nitrogens with zero attached hydrogens (tertiary/aromatic N) is 6. The molecule has 0 saturated carbocycles. The second-order valence-corrected chi connectivity index (χ2v) is 13.3. The van der Waals surface area contributed by atoms with E-state index in [-0.39, 0.29) is 62.6 Å². The third kappa shape index (κ3) is 5.36. The smallest absolute Gasteiger partial charge is 0.261 e. The molecule has 3 saturated heterocycles. The van der Waals surface area contributed by atoms with E-state index in [4.69, 9.17) is 32.9 Å². The number of amides is 2. The molecule has 2 unspecified atom stereocenters. The molecule has 2 atom stereocenters. The van der Waals surface area contributed by atoms with E-state index in [9.17, 15) is 9.59 Å². The van der Waals surface area contributed by atoms with Gasteiger partial charge in [0.1, 0.15) is 28.8 Å². The molecule has 0 spiro atoms. The first-order valence-electron chi connectivity index (χ1n) is 14.7. The molecule has 1 aromatic heterocycles. The highest BCUT2D eigenvalue weighted by molar-refractivity contribution is 6.37. The zero-order valence-corrected chi connectivity index (χ0v) is 26.3. The van der Waals surface area contributed by atoms with E-state index >= 15 is 4.39 Å². The van der Waals surface area contributed by atoms with Gasteiger partial charge in [-0.1, -0.05) is 35.8 Å². The van der Waals surface area contributed by atoms with Crippen molar-refractivity contribution in [3.63, 3.8) is 0 Å². The van der Waals surface area contributed by atoms with E-state index < -0.39 is 11.9 Å². The number of aromatic nitrogens is 1. The highest BCUT2D eigenvalue weighted by atomic mass is 35.5. The summed E-state index contributed by atoms with van der Waals surface area (Å²) in [6.45, 7) is 13.6. The second kappa shape index (κ2) is 11.5. The van der Waals surface area contributed by atoms with Gasteiger partial charge in [-0.05, 0) is 45.5 Å². The largest absolute Gasteiger partial charge is 0.489 e. The lowest BCUT2D eigenvalue weighted by atomic mass is 9.98. The molecule has 0 aliphatic carbocycles. The molecule has 2 aromatic rings. The number of carbonyl (C=O) groups excluding carboxylic acids is 2. The Morgan fingerprint density at radius 2 is 1.84 bits per heavy atom. The van der Waals surface area contributed by atoms with Gasteiger partial charge in [0.25, 0.3) is 5.91 Å². The Labute approximate surface area is 261 Å². The third-order valence-corrected chi connectivity index (χ3v) is 9.97. The number of benzene rings is 1. The van der Waals surface area contributed by atoms with Crippen LogP contribution in [0.1, 0.15) is 30.6 Å². The van der Waals surface area contributed by atoms with Crippen LogP contribution >= 0.6 is 23.2 Å². The average molecular weight is 632 g/mol. The van der Waals surface area contributed by atoms with Gasteiger partial charge in [-0.15, -0.1) is 0 Å². The topological polar surface area (TPSA) is 72.5 Å². The Kier molecular flexibility index (Phi) is 8.08. The summed E-state index contributed by atoms with van der Waals surface area (Å²) in [5, 5.41) is 0.192. The van der Waals surface area contributed by atoms with Gasteiger partial charge in [0.05, 0.1) is 22.3 Å². The molecule has 0 N–H and O–H groups in total. The molecule has 2 amide bonds. The predicted octanol–water partition coefficient (Wildman–Crippen LogP) is 4.03. The van der Waals surface area contributed by atoms with Crippen molar-refractivity contribution in [2.45, 2.75) is 37.9 Å². The summed E-state index contributed by atoms with van der Waals surface area (Å²) in [6.07, 6.45) is 2.14. The van der Waals surface area contributed by atoms with Gasteiger partial charge in [0.2, 0.25) is 5.91 Å². The third-order valence-electron chi connectivity index (χ3n) is 9.31. The normalized spacial score (nSPS) is 24.3. The Morgan fingerprint density at radius 3 is 2.53 bits per heavy atom. The van der Waals surface area contributed by atoms with E-state index in [0.717, 1.165) is 32.6 Å². The van der Waals surface area contributed by atoms with Gasteiger partial charge in [0, 0.05) is 63.9 Å². The minimum absolute atomic E-state index is 0.0330. The number of likely N-dealkylation sites (N-methyl/N-ethyl adjacent to an activating group) is 1. The zero-order chi connectivity index (χ0) is 30.6. The SMILES string of the molecule is C=CC(=O)N1CCN2C(=O)c3c(N4CC(N5CCN(C)CC5)CC4(C)C)nc(-c4c(F)cccc4Cl)c(Cl)c3OCC2C1. The number of fused-ring (bicyclic) bond motifs is 2. The number of anilines is 1. The summed E-state index contributed by atoms with van der Waals surface area (Å²) < 4.78 is 21.7. The highest BCUT2D eigenvalue weighted by Gasteiger charge is 2.47. The summed E-state index contributed by atoms with van der Waals surface area (Å²) in [5.41, 5.74) is 0.0828. The molecule has 1 aromatic carbocycles. The second-order valence-electron chi connectivity index (χ2n) is 12.5. The fourth-order valence-corrected chi connectivity index (χ4v) is 7.41. The van der Waals surface area contributed by atoms with Crippen molar-refractivity contribution in [3.8, 4) is 17.0 Å². The fraction of sp³-hybridized carbons (Fsp3) is 0.516. The molecule has 43 heavy (non-hydrogen) atoms. The molecule has 4 aliphatic heterocycles. The van der Waals surface area contributed by atoms with E-state index in [2.05, 4.69) is 42.2 Å². The lowest BCUT2D eigenvalue weighted by Crippen LogP contribution is -2.57. The van der Waals surface area contributed by atoms with Gasteiger partial charge in [-0.25, -0.2) is 9.37 Å². The maximum atomic E-state index is 15.3. The summed E-state index contributed by atoms with van der Waals surface area (Å²) in [5.74, 6) is -0.455. The van der Waals surface area contributed by atoms with Crippen LogP contribution in [0.15, 0.2) is 30.9 Å². The minimum Gasteiger partial charge on any atom is -0.489 e. The molecule has 9 nitrogen and oxygen atoms in total. The van der Waals surface area contributed by atoms with Crippen LogP contribution < -0.4 is 9.64 Å². The quantitative estimate of drug-likeness (QED) is 0.472. The molecular weight excluding hydrogens is 594 g/mol. The van der Waals surface area contributed by atoms with E-state index in [1.54, 1.807) is 15.9 Å². The highest BCUT2D eigenvalue weighted by Crippen LogP contribution is 2.48. The van der Waals surface area contributed by atoms with Crippen molar-refractivity contribution < 1.29 is 18.7 Å². The summed E-state index contributed by atoms with van der Waals surface area (Å²) >= 11 is 13.5.